The summed E-state index contributed by atoms with van der Waals surface area (Å²) in [5, 5.41) is -0.193. The molecule has 0 saturated heterocycles. The molecule has 0 amide bonds. The van der Waals surface area contributed by atoms with Crippen LogP contribution in [0.3, 0.4) is 0 Å². The quantitative estimate of drug-likeness (QED) is 0.610. The van der Waals surface area contributed by atoms with Gasteiger partial charge in [-0.25, -0.2) is 4.39 Å². The Kier molecular flexibility index (Phi) is 4.18. The lowest BCUT2D eigenvalue weighted by Crippen LogP contribution is -2.19. The SMILES string of the molecule is O=C(c1ccc(F)cc1Cl)c1ccccc1OC(F)(F)F. The van der Waals surface area contributed by atoms with Crippen molar-refractivity contribution in [3.63, 3.8) is 0 Å². The number of benzene rings is 2. The Balaban J connectivity index is 2.44. The highest BCUT2D eigenvalue weighted by molar-refractivity contribution is 6.35. The number of ketones is 1. The van der Waals surface area contributed by atoms with Crippen molar-refractivity contribution in [1.29, 1.82) is 0 Å². The first-order valence-electron chi connectivity index (χ1n) is 5.62. The number of para-hydroxylation sites is 1. The molecule has 7 heteroatoms. The van der Waals surface area contributed by atoms with E-state index in [1.165, 1.54) is 18.2 Å². The number of halogens is 5. The molecule has 0 bridgehead atoms. The van der Waals surface area contributed by atoms with E-state index in [0.717, 1.165) is 24.3 Å². The van der Waals surface area contributed by atoms with Crippen LogP contribution < -0.4 is 4.74 Å². The van der Waals surface area contributed by atoms with Crippen LogP contribution in [0.25, 0.3) is 0 Å². The Morgan fingerprint density at radius 2 is 1.71 bits per heavy atom. The standard InChI is InChI=1S/C14H7ClF4O2/c15-11-7-8(16)5-6-9(11)13(20)10-3-1-2-4-12(10)21-14(17,18)19/h1-7H. The number of carbonyl (C=O) groups excluding carboxylic acids is 1. The third kappa shape index (κ3) is 3.72. The molecule has 0 spiro atoms. The van der Waals surface area contributed by atoms with E-state index in [4.69, 9.17) is 11.6 Å². The highest BCUT2D eigenvalue weighted by atomic mass is 35.5. The first-order valence-corrected chi connectivity index (χ1v) is 6.00. The lowest BCUT2D eigenvalue weighted by molar-refractivity contribution is -0.274. The van der Waals surface area contributed by atoms with E-state index in [-0.39, 0.29) is 16.1 Å². The van der Waals surface area contributed by atoms with Gasteiger partial charge in [-0.3, -0.25) is 4.79 Å². The third-order valence-corrected chi connectivity index (χ3v) is 2.85. The van der Waals surface area contributed by atoms with Crippen LogP contribution >= 0.6 is 11.6 Å². The summed E-state index contributed by atoms with van der Waals surface area (Å²) in [6.07, 6.45) is -4.93. The first-order chi connectivity index (χ1) is 9.78. The number of rotatable bonds is 3. The van der Waals surface area contributed by atoms with Gasteiger partial charge in [0.25, 0.3) is 0 Å². The summed E-state index contributed by atoms with van der Waals surface area (Å²) in [6.45, 7) is 0. The van der Waals surface area contributed by atoms with Gasteiger partial charge in [-0.05, 0) is 30.3 Å². The number of carbonyl (C=O) groups is 1. The van der Waals surface area contributed by atoms with Crippen molar-refractivity contribution in [2.75, 3.05) is 0 Å². The zero-order valence-corrected chi connectivity index (χ0v) is 11.0. The van der Waals surface area contributed by atoms with Gasteiger partial charge in [0.05, 0.1) is 10.6 Å². The van der Waals surface area contributed by atoms with Crippen molar-refractivity contribution in [3.8, 4) is 5.75 Å². The van der Waals surface area contributed by atoms with E-state index >= 15 is 0 Å². The number of alkyl halides is 3. The maximum Gasteiger partial charge on any atom is 0.573 e. The summed E-state index contributed by atoms with van der Waals surface area (Å²) in [4.78, 5) is 12.2. The third-order valence-electron chi connectivity index (χ3n) is 2.53. The van der Waals surface area contributed by atoms with E-state index < -0.39 is 23.7 Å². The van der Waals surface area contributed by atoms with Gasteiger partial charge in [-0.15, -0.1) is 13.2 Å². The van der Waals surface area contributed by atoms with Crippen LogP contribution in [0.2, 0.25) is 5.02 Å². The highest BCUT2D eigenvalue weighted by Gasteiger charge is 2.33. The molecule has 0 heterocycles. The largest absolute Gasteiger partial charge is 0.573 e. The van der Waals surface area contributed by atoms with Crippen LogP contribution in [0.5, 0.6) is 5.75 Å². The lowest BCUT2D eigenvalue weighted by atomic mass is 10.0. The molecule has 0 aliphatic rings. The molecular weight excluding hydrogens is 312 g/mol. The molecule has 21 heavy (non-hydrogen) atoms. The van der Waals surface area contributed by atoms with Crippen molar-refractivity contribution in [2.45, 2.75) is 6.36 Å². The molecule has 2 rings (SSSR count). The minimum absolute atomic E-state index is 0.115. The second-order valence-electron chi connectivity index (χ2n) is 4.00. The summed E-state index contributed by atoms with van der Waals surface area (Å²) in [7, 11) is 0. The monoisotopic (exact) mass is 318 g/mol. The summed E-state index contributed by atoms with van der Waals surface area (Å²) in [5.74, 6) is -2.09. The zero-order chi connectivity index (χ0) is 15.6. The molecule has 0 atom stereocenters. The minimum atomic E-state index is -4.93. The van der Waals surface area contributed by atoms with E-state index in [2.05, 4.69) is 4.74 Å². The summed E-state index contributed by atoms with van der Waals surface area (Å²) in [6, 6.07) is 7.86. The zero-order valence-electron chi connectivity index (χ0n) is 10.2. The fraction of sp³-hybridized carbons (Fsp3) is 0.0714. The molecule has 110 valence electrons. The van der Waals surface area contributed by atoms with E-state index in [1.54, 1.807) is 0 Å². The molecule has 0 N–H and O–H groups in total. The lowest BCUT2D eigenvalue weighted by Gasteiger charge is -2.12. The Hall–Kier alpha value is -2.08. The second kappa shape index (κ2) is 5.73. The molecule has 2 aromatic carbocycles. The van der Waals surface area contributed by atoms with Crippen molar-refractivity contribution < 1.29 is 27.1 Å². The Morgan fingerprint density at radius 1 is 1.05 bits per heavy atom. The van der Waals surface area contributed by atoms with Crippen LogP contribution in [0.1, 0.15) is 15.9 Å². The number of hydrogen-bond donors (Lipinski definition) is 0. The van der Waals surface area contributed by atoms with Gasteiger partial charge in [0.2, 0.25) is 0 Å². The smallest absolute Gasteiger partial charge is 0.405 e. The molecule has 0 aliphatic carbocycles. The van der Waals surface area contributed by atoms with Crippen LogP contribution in [0.15, 0.2) is 42.5 Å². The van der Waals surface area contributed by atoms with Crippen LogP contribution in [-0.4, -0.2) is 12.1 Å². The number of hydrogen-bond acceptors (Lipinski definition) is 2. The van der Waals surface area contributed by atoms with Crippen LogP contribution in [-0.2, 0) is 0 Å². The second-order valence-corrected chi connectivity index (χ2v) is 4.40. The molecule has 2 nitrogen and oxygen atoms in total. The molecule has 0 saturated carbocycles. The van der Waals surface area contributed by atoms with Gasteiger partial charge in [-0.1, -0.05) is 23.7 Å². The average molecular weight is 319 g/mol. The fourth-order valence-electron chi connectivity index (χ4n) is 1.69. The summed E-state index contributed by atoms with van der Waals surface area (Å²) >= 11 is 5.74. The molecule has 0 aromatic heterocycles. The fourth-order valence-corrected chi connectivity index (χ4v) is 1.94. The van der Waals surface area contributed by atoms with Crippen molar-refractivity contribution in [3.05, 3.63) is 64.4 Å². The van der Waals surface area contributed by atoms with E-state index in [0.29, 0.717) is 0 Å². The highest BCUT2D eigenvalue weighted by Crippen LogP contribution is 2.29. The van der Waals surface area contributed by atoms with Gasteiger partial charge in [-0.2, -0.15) is 0 Å². The van der Waals surface area contributed by atoms with E-state index in [1.807, 2.05) is 0 Å². The number of ether oxygens (including phenoxy) is 1. The maximum absolute atomic E-state index is 12.9. The summed E-state index contributed by atoms with van der Waals surface area (Å²) < 4.78 is 53.7. The summed E-state index contributed by atoms with van der Waals surface area (Å²) in [5.41, 5.74) is -0.431. The normalized spacial score (nSPS) is 11.3. The van der Waals surface area contributed by atoms with Crippen molar-refractivity contribution in [2.24, 2.45) is 0 Å². The van der Waals surface area contributed by atoms with Crippen molar-refractivity contribution in [1.82, 2.24) is 0 Å². The van der Waals surface area contributed by atoms with Gasteiger partial charge >= 0.3 is 6.36 Å². The minimum Gasteiger partial charge on any atom is -0.405 e. The van der Waals surface area contributed by atoms with Gasteiger partial charge in [0, 0.05) is 5.56 Å². The van der Waals surface area contributed by atoms with Gasteiger partial charge < -0.3 is 4.74 Å². The molecule has 0 radical (unpaired) electrons. The van der Waals surface area contributed by atoms with Gasteiger partial charge in [0.1, 0.15) is 11.6 Å². The molecule has 0 aliphatic heterocycles. The van der Waals surface area contributed by atoms with Crippen LogP contribution in [0.4, 0.5) is 17.6 Å². The Labute approximate surface area is 121 Å². The molecular formula is C14H7ClF4O2. The maximum atomic E-state index is 12.9. The predicted octanol–water partition coefficient (Wildman–Crippen LogP) is 4.61. The van der Waals surface area contributed by atoms with E-state index in [9.17, 15) is 22.4 Å². The van der Waals surface area contributed by atoms with Gasteiger partial charge in [0.15, 0.2) is 5.78 Å². The first kappa shape index (κ1) is 15.3. The molecule has 0 unspecified atom stereocenters. The average Bonchev–Trinajstić information content (AvgIpc) is 2.36. The predicted molar refractivity (Wildman–Crippen MR) is 68.0 cm³/mol. The Bertz CT molecular complexity index is 683. The van der Waals surface area contributed by atoms with Crippen molar-refractivity contribution >= 4 is 17.4 Å². The Morgan fingerprint density at radius 3 is 2.33 bits per heavy atom. The molecule has 2 aromatic rings. The molecule has 0 fully saturated rings. The van der Waals surface area contributed by atoms with Crippen LogP contribution in [0, 0.1) is 5.82 Å². The topological polar surface area (TPSA) is 26.3 Å².